The molecule has 1 amide bonds. The monoisotopic (exact) mass is 485 g/mol. The number of nitrogens with zero attached hydrogens (tertiary/aromatic N) is 3. The van der Waals surface area contributed by atoms with Gasteiger partial charge < -0.3 is 19.1 Å². The van der Waals surface area contributed by atoms with Crippen LogP contribution in [0.1, 0.15) is 29.8 Å². The first kappa shape index (κ1) is 23.0. The van der Waals surface area contributed by atoms with E-state index >= 15 is 0 Å². The van der Waals surface area contributed by atoms with Gasteiger partial charge >= 0.3 is 0 Å². The largest absolute Gasteiger partial charge is 0.383 e. The molecule has 0 unspecified atom stereocenters. The minimum atomic E-state index is -0.0657. The van der Waals surface area contributed by atoms with Crippen LogP contribution in [0.25, 0.3) is 11.3 Å². The molecule has 0 aliphatic rings. The molecule has 3 aromatic rings. The molecule has 7 heteroatoms. The molecule has 0 bridgehead atoms. The van der Waals surface area contributed by atoms with Crippen LogP contribution in [0.4, 0.5) is 5.88 Å². The molecule has 0 saturated heterocycles. The Labute approximate surface area is 191 Å². The van der Waals surface area contributed by atoms with Crippen LogP contribution in [0.5, 0.6) is 0 Å². The highest BCUT2D eigenvalue weighted by Crippen LogP contribution is 2.32. The molecule has 0 radical (unpaired) electrons. The van der Waals surface area contributed by atoms with Crippen molar-refractivity contribution in [3.05, 3.63) is 70.2 Å². The fourth-order valence-electron chi connectivity index (χ4n) is 3.47. The Hall–Kier alpha value is -2.64. The maximum absolute atomic E-state index is 13.4. The Kier molecular flexibility index (Phi) is 8.26. The molecule has 0 spiro atoms. The number of benzene rings is 2. The Balaban J connectivity index is 2.02. The van der Waals surface area contributed by atoms with Crippen molar-refractivity contribution in [2.24, 2.45) is 0 Å². The normalized spacial score (nSPS) is 10.8. The lowest BCUT2D eigenvalue weighted by Crippen LogP contribution is -2.34. The van der Waals surface area contributed by atoms with Gasteiger partial charge in [-0.15, -0.1) is 0 Å². The molecule has 3 rings (SSSR count). The summed E-state index contributed by atoms with van der Waals surface area (Å²) in [7, 11) is 1.64. The van der Waals surface area contributed by atoms with E-state index in [0.717, 1.165) is 34.4 Å². The zero-order valence-corrected chi connectivity index (χ0v) is 19.8. The molecule has 0 aliphatic carbocycles. The summed E-state index contributed by atoms with van der Waals surface area (Å²) in [5, 5.41) is 4.39. The molecule has 2 aromatic carbocycles. The lowest BCUT2D eigenvalue weighted by molar-refractivity contribution is 0.0680. The van der Waals surface area contributed by atoms with E-state index in [9.17, 15) is 4.79 Å². The number of rotatable bonds is 10. The number of carbonyl (C=O) groups excluding carboxylic acids is 1. The predicted molar refractivity (Wildman–Crippen MR) is 126 cm³/mol. The second-order valence-corrected chi connectivity index (χ2v) is 8.00. The molecule has 1 heterocycles. The number of ether oxygens (including phenoxy) is 1. The summed E-state index contributed by atoms with van der Waals surface area (Å²) in [5.41, 5.74) is 3.23. The molecule has 164 valence electrons. The van der Waals surface area contributed by atoms with E-state index in [-0.39, 0.29) is 5.91 Å². The van der Waals surface area contributed by atoms with E-state index in [1.807, 2.05) is 54.6 Å². The summed E-state index contributed by atoms with van der Waals surface area (Å²) in [6.07, 6.45) is 0. The summed E-state index contributed by atoms with van der Waals surface area (Å²) in [5.74, 6) is 0.636. The molecule has 1 aromatic heterocycles. The van der Waals surface area contributed by atoms with Gasteiger partial charge in [0, 0.05) is 42.3 Å². The zero-order valence-electron chi connectivity index (χ0n) is 18.2. The topological polar surface area (TPSA) is 58.8 Å². The van der Waals surface area contributed by atoms with Crippen molar-refractivity contribution in [2.45, 2.75) is 20.4 Å². The Bertz CT molecular complexity index is 987. The molecule has 0 aliphatic heterocycles. The van der Waals surface area contributed by atoms with Gasteiger partial charge in [-0.2, -0.15) is 0 Å². The van der Waals surface area contributed by atoms with Crippen LogP contribution in [0.2, 0.25) is 0 Å². The summed E-state index contributed by atoms with van der Waals surface area (Å²) in [6, 6.07) is 17.3. The van der Waals surface area contributed by atoms with Crippen LogP contribution < -0.4 is 4.90 Å². The smallest absolute Gasteiger partial charge is 0.254 e. The van der Waals surface area contributed by atoms with E-state index in [4.69, 9.17) is 9.26 Å². The van der Waals surface area contributed by atoms with Gasteiger partial charge in [0.1, 0.15) is 5.69 Å². The second kappa shape index (κ2) is 11.1. The lowest BCUT2D eigenvalue weighted by atomic mass is 10.1. The highest BCUT2D eigenvalue weighted by Gasteiger charge is 2.26. The van der Waals surface area contributed by atoms with Gasteiger partial charge in [-0.25, -0.2) is 0 Å². The van der Waals surface area contributed by atoms with E-state index < -0.39 is 0 Å². The van der Waals surface area contributed by atoms with Gasteiger partial charge in [-0.05, 0) is 32.0 Å². The van der Waals surface area contributed by atoms with E-state index in [2.05, 4.69) is 39.8 Å². The van der Waals surface area contributed by atoms with Crippen molar-refractivity contribution in [1.82, 2.24) is 10.1 Å². The van der Waals surface area contributed by atoms with Crippen molar-refractivity contribution in [3.63, 3.8) is 0 Å². The van der Waals surface area contributed by atoms with Crippen molar-refractivity contribution in [2.75, 3.05) is 38.3 Å². The number of carbonyl (C=O) groups is 1. The lowest BCUT2D eigenvalue weighted by Gasteiger charge is -2.25. The summed E-state index contributed by atoms with van der Waals surface area (Å²) in [4.78, 5) is 17.3. The van der Waals surface area contributed by atoms with Crippen molar-refractivity contribution < 1.29 is 14.1 Å². The molecular formula is C24H28BrN3O3. The van der Waals surface area contributed by atoms with E-state index in [1.54, 1.807) is 12.0 Å². The standard InChI is InChI=1S/C24H28BrN3O3/c1-4-27(5-2)24-21(22(26-31-24)18-10-7-6-8-11-18)17-28(14-15-30-3)23(29)19-12-9-13-20(25)16-19/h6-13,16H,4-5,14-15,17H2,1-3H3. The first-order chi connectivity index (χ1) is 15.1. The van der Waals surface area contributed by atoms with Crippen LogP contribution in [-0.2, 0) is 11.3 Å². The Morgan fingerprint density at radius 3 is 2.48 bits per heavy atom. The van der Waals surface area contributed by atoms with Gasteiger partial charge in [-0.1, -0.05) is 57.5 Å². The average Bonchev–Trinajstić information content (AvgIpc) is 3.21. The van der Waals surface area contributed by atoms with Gasteiger partial charge in [-0.3, -0.25) is 4.79 Å². The van der Waals surface area contributed by atoms with E-state index in [0.29, 0.717) is 31.1 Å². The van der Waals surface area contributed by atoms with Gasteiger partial charge in [0.25, 0.3) is 5.91 Å². The molecule has 31 heavy (non-hydrogen) atoms. The fourth-order valence-corrected chi connectivity index (χ4v) is 3.87. The number of aromatic nitrogens is 1. The van der Waals surface area contributed by atoms with Gasteiger partial charge in [0.2, 0.25) is 5.88 Å². The first-order valence-corrected chi connectivity index (χ1v) is 11.2. The molecule has 0 fully saturated rings. The maximum Gasteiger partial charge on any atom is 0.254 e. The predicted octanol–water partition coefficient (Wildman–Crippen LogP) is 5.24. The third kappa shape index (κ3) is 5.54. The molecule has 6 nitrogen and oxygen atoms in total. The first-order valence-electron chi connectivity index (χ1n) is 10.4. The number of hydrogen-bond acceptors (Lipinski definition) is 5. The average molecular weight is 486 g/mol. The SMILES string of the molecule is CCN(CC)c1onc(-c2ccccc2)c1CN(CCOC)C(=O)c1cccc(Br)c1. The van der Waals surface area contributed by atoms with Crippen LogP contribution in [0, 0.1) is 0 Å². The number of amides is 1. The van der Waals surface area contributed by atoms with Gasteiger partial charge in [0.15, 0.2) is 0 Å². The Morgan fingerprint density at radius 2 is 1.84 bits per heavy atom. The number of halogens is 1. The second-order valence-electron chi connectivity index (χ2n) is 7.08. The highest BCUT2D eigenvalue weighted by molar-refractivity contribution is 9.10. The van der Waals surface area contributed by atoms with Crippen LogP contribution >= 0.6 is 15.9 Å². The summed E-state index contributed by atoms with van der Waals surface area (Å²) in [6.45, 7) is 6.98. The van der Waals surface area contributed by atoms with Crippen LogP contribution in [0.3, 0.4) is 0 Å². The van der Waals surface area contributed by atoms with Crippen LogP contribution in [-0.4, -0.2) is 49.3 Å². The third-order valence-electron chi connectivity index (χ3n) is 5.14. The van der Waals surface area contributed by atoms with Crippen molar-refractivity contribution >= 4 is 27.7 Å². The third-order valence-corrected chi connectivity index (χ3v) is 5.63. The maximum atomic E-state index is 13.4. The Morgan fingerprint density at radius 1 is 1.10 bits per heavy atom. The summed E-state index contributed by atoms with van der Waals surface area (Å²) < 4.78 is 12.0. The van der Waals surface area contributed by atoms with Crippen molar-refractivity contribution in [3.8, 4) is 11.3 Å². The number of anilines is 1. The fraction of sp³-hybridized carbons (Fsp3) is 0.333. The van der Waals surface area contributed by atoms with E-state index in [1.165, 1.54) is 0 Å². The van der Waals surface area contributed by atoms with Crippen LogP contribution in [0.15, 0.2) is 63.6 Å². The zero-order chi connectivity index (χ0) is 22.2. The van der Waals surface area contributed by atoms with Crippen molar-refractivity contribution in [1.29, 1.82) is 0 Å². The minimum absolute atomic E-state index is 0.0657. The number of hydrogen-bond donors (Lipinski definition) is 0. The van der Waals surface area contributed by atoms with Gasteiger partial charge in [0.05, 0.1) is 18.7 Å². The summed E-state index contributed by atoms with van der Waals surface area (Å²) >= 11 is 3.46. The highest BCUT2D eigenvalue weighted by atomic mass is 79.9. The molecular weight excluding hydrogens is 458 g/mol. The number of methoxy groups -OCH3 is 1. The molecule has 0 N–H and O–H groups in total. The quantitative estimate of drug-likeness (QED) is 0.392. The molecule has 0 saturated carbocycles. The minimum Gasteiger partial charge on any atom is -0.383 e. The molecule has 0 atom stereocenters.